The van der Waals surface area contributed by atoms with E-state index in [2.05, 4.69) is 52.8 Å². The zero-order valence-corrected chi connectivity index (χ0v) is 21.8. The Labute approximate surface area is 205 Å². The van der Waals surface area contributed by atoms with Crippen LogP contribution >= 0.6 is 0 Å². The summed E-state index contributed by atoms with van der Waals surface area (Å²) in [6, 6.07) is 0. The van der Waals surface area contributed by atoms with Crippen LogP contribution in [0.5, 0.6) is 0 Å². The number of carboxylic acid groups (broad SMARTS) is 1. The first-order chi connectivity index (χ1) is 13.6. The van der Waals surface area contributed by atoms with E-state index in [-0.39, 0.29) is 41.1 Å². The van der Waals surface area contributed by atoms with Crippen LogP contribution in [0.15, 0.2) is 36.0 Å². The summed E-state index contributed by atoms with van der Waals surface area (Å²) >= 11 is 0. The second-order valence-corrected chi connectivity index (χ2v) is 9.84. The first kappa shape index (κ1) is 27.6. The fourth-order valence-corrected chi connectivity index (χ4v) is 4.53. The standard InChI is InChI=1S/C25H40O4.Na/c1-6-25(4,5)16-29-22-15-17(2)14-19-11-10-18(3)21(24(19)22)13-12-20(26)8-7-9-23(27)28;/h7,9-11,14,17-18,20-22,24,26H,6,8,12-13,15-16H2,1-5H3,(H,27,28);/q;+1/p-1/b9-7-;/t17-,18-,20-,21-,22-,24?;/m0./s1. The van der Waals surface area contributed by atoms with Crippen LogP contribution in [0.4, 0.5) is 0 Å². The zero-order chi connectivity index (χ0) is 21.6. The molecular weight excluding hydrogens is 387 g/mol. The molecule has 6 atom stereocenters. The Kier molecular flexibility index (Phi) is 11.6. The Morgan fingerprint density at radius 2 is 2.10 bits per heavy atom. The molecule has 1 unspecified atom stereocenters. The van der Waals surface area contributed by atoms with Gasteiger partial charge in [0.25, 0.3) is 0 Å². The molecule has 2 rings (SSSR count). The third-order valence-corrected chi connectivity index (χ3v) is 6.74. The van der Waals surface area contributed by atoms with E-state index in [9.17, 15) is 15.0 Å². The summed E-state index contributed by atoms with van der Waals surface area (Å²) in [5, 5.41) is 20.8. The molecule has 0 saturated carbocycles. The predicted octanol–water partition coefficient (Wildman–Crippen LogP) is 1.05. The van der Waals surface area contributed by atoms with Crippen molar-refractivity contribution < 1.29 is 49.3 Å². The second kappa shape index (κ2) is 12.6. The van der Waals surface area contributed by atoms with Crippen LogP contribution in [0.1, 0.15) is 66.7 Å². The quantitative estimate of drug-likeness (QED) is 0.419. The number of aliphatic hydroxyl groups excluding tert-OH is 1. The molecular formula is C25H39NaO4. The Morgan fingerprint density at radius 3 is 2.73 bits per heavy atom. The van der Waals surface area contributed by atoms with Crippen molar-refractivity contribution in [3.05, 3.63) is 36.0 Å². The first-order valence-corrected chi connectivity index (χ1v) is 11.2. The molecule has 0 fully saturated rings. The van der Waals surface area contributed by atoms with Gasteiger partial charge in [-0.25, -0.2) is 0 Å². The van der Waals surface area contributed by atoms with Gasteiger partial charge >= 0.3 is 29.6 Å². The fourth-order valence-electron chi connectivity index (χ4n) is 4.53. The largest absolute Gasteiger partial charge is 1.00 e. The van der Waals surface area contributed by atoms with Crippen molar-refractivity contribution in [2.45, 2.75) is 78.9 Å². The molecule has 2 aliphatic rings. The summed E-state index contributed by atoms with van der Waals surface area (Å²) < 4.78 is 6.53. The molecule has 0 amide bonds. The van der Waals surface area contributed by atoms with E-state index in [1.54, 1.807) is 0 Å². The molecule has 164 valence electrons. The van der Waals surface area contributed by atoms with Crippen LogP contribution < -0.4 is 34.7 Å². The van der Waals surface area contributed by atoms with Crippen molar-refractivity contribution in [2.24, 2.45) is 29.1 Å². The van der Waals surface area contributed by atoms with E-state index < -0.39 is 12.1 Å². The third-order valence-electron chi connectivity index (χ3n) is 6.74. The van der Waals surface area contributed by atoms with E-state index in [1.807, 2.05) is 0 Å². The normalized spacial score (nSPS) is 29.8. The maximum atomic E-state index is 10.5. The number of rotatable bonds is 10. The van der Waals surface area contributed by atoms with Crippen LogP contribution in [-0.4, -0.2) is 29.9 Å². The summed E-state index contributed by atoms with van der Waals surface area (Å²) in [5.41, 5.74) is 1.56. The molecule has 0 spiro atoms. The average Bonchev–Trinajstić information content (AvgIpc) is 2.65. The molecule has 5 heteroatoms. The summed E-state index contributed by atoms with van der Waals surface area (Å²) in [6.07, 6.45) is 13.2. The zero-order valence-electron chi connectivity index (χ0n) is 19.8. The monoisotopic (exact) mass is 426 g/mol. The van der Waals surface area contributed by atoms with Gasteiger partial charge in [0, 0.05) is 5.92 Å². The first-order valence-electron chi connectivity index (χ1n) is 11.2. The van der Waals surface area contributed by atoms with Gasteiger partial charge in [0.05, 0.1) is 24.8 Å². The minimum atomic E-state index is -1.22. The van der Waals surface area contributed by atoms with Crippen molar-refractivity contribution in [1.29, 1.82) is 0 Å². The van der Waals surface area contributed by atoms with Gasteiger partial charge in [-0.1, -0.05) is 58.9 Å². The van der Waals surface area contributed by atoms with Crippen molar-refractivity contribution >= 4 is 5.97 Å². The Morgan fingerprint density at radius 1 is 1.40 bits per heavy atom. The molecule has 0 aliphatic heterocycles. The maximum absolute atomic E-state index is 10.5. The van der Waals surface area contributed by atoms with Crippen LogP contribution in [0.2, 0.25) is 0 Å². The SMILES string of the molecule is CCC(C)(C)CO[C@H]1C[C@@H](C)C=C2C=C[C@H](C)[C@H](CC[C@@H](O)C/C=C\C(=O)[O-])C21.[Na+]. The van der Waals surface area contributed by atoms with Crippen LogP contribution in [-0.2, 0) is 9.53 Å². The van der Waals surface area contributed by atoms with E-state index in [4.69, 9.17) is 4.74 Å². The smallest absolute Gasteiger partial charge is 0.545 e. The number of carbonyl (C=O) groups is 1. The van der Waals surface area contributed by atoms with Crippen molar-refractivity contribution in [1.82, 2.24) is 0 Å². The van der Waals surface area contributed by atoms with Gasteiger partial charge in [0.1, 0.15) is 0 Å². The molecule has 0 saturated heterocycles. The molecule has 4 nitrogen and oxygen atoms in total. The molecule has 0 aromatic rings. The molecule has 2 aliphatic carbocycles. The number of aliphatic hydroxyl groups is 1. The summed E-state index contributed by atoms with van der Waals surface area (Å²) in [6.45, 7) is 12.0. The molecule has 30 heavy (non-hydrogen) atoms. The van der Waals surface area contributed by atoms with Crippen LogP contribution in [0, 0.1) is 29.1 Å². The molecule has 0 bridgehead atoms. The number of carbonyl (C=O) groups excluding carboxylic acids is 1. The van der Waals surface area contributed by atoms with E-state index in [1.165, 1.54) is 11.6 Å². The predicted molar refractivity (Wildman–Crippen MR) is 115 cm³/mol. The minimum Gasteiger partial charge on any atom is -0.545 e. The maximum Gasteiger partial charge on any atom is 1.00 e. The Balaban J connectivity index is 0.00000450. The van der Waals surface area contributed by atoms with Crippen LogP contribution in [0.25, 0.3) is 0 Å². The summed E-state index contributed by atoms with van der Waals surface area (Å²) in [4.78, 5) is 10.5. The van der Waals surface area contributed by atoms with Gasteiger partial charge in [-0.3, -0.25) is 0 Å². The number of carboxylic acids is 1. The van der Waals surface area contributed by atoms with Gasteiger partial charge in [0.15, 0.2) is 0 Å². The number of fused-ring (bicyclic) bond motifs is 1. The number of aliphatic carboxylic acids is 1. The van der Waals surface area contributed by atoms with E-state index in [0.717, 1.165) is 31.9 Å². The summed E-state index contributed by atoms with van der Waals surface area (Å²) in [5.74, 6) is 0.513. The Bertz CT molecular complexity index is 637. The molecule has 0 aromatic carbocycles. The molecule has 1 N–H and O–H groups in total. The average molecular weight is 427 g/mol. The van der Waals surface area contributed by atoms with Crippen LogP contribution in [0.3, 0.4) is 0 Å². The van der Waals surface area contributed by atoms with Gasteiger partial charge in [0.2, 0.25) is 0 Å². The minimum absolute atomic E-state index is 0. The number of allylic oxidation sites excluding steroid dienone is 3. The molecule has 0 aromatic heterocycles. The van der Waals surface area contributed by atoms with Gasteiger partial charge in [-0.05, 0) is 66.9 Å². The van der Waals surface area contributed by atoms with Gasteiger partial charge < -0.3 is 19.7 Å². The van der Waals surface area contributed by atoms with Crippen molar-refractivity contribution in [3.8, 4) is 0 Å². The number of hydrogen-bond acceptors (Lipinski definition) is 4. The van der Waals surface area contributed by atoms with Gasteiger partial charge in [-0.2, -0.15) is 0 Å². The van der Waals surface area contributed by atoms with Gasteiger partial charge in [-0.15, -0.1) is 0 Å². The van der Waals surface area contributed by atoms with Crippen molar-refractivity contribution in [2.75, 3.05) is 6.61 Å². The molecule has 0 radical (unpaired) electrons. The van der Waals surface area contributed by atoms with E-state index >= 15 is 0 Å². The summed E-state index contributed by atoms with van der Waals surface area (Å²) in [7, 11) is 0. The fraction of sp³-hybridized carbons (Fsp3) is 0.720. The van der Waals surface area contributed by atoms with Crippen molar-refractivity contribution in [3.63, 3.8) is 0 Å². The van der Waals surface area contributed by atoms with E-state index in [0.29, 0.717) is 36.5 Å². The number of hydrogen-bond donors (Lipinski definition) is 1. The topological polar surface area (TPSA) is 69.6 Å². The molecule has 0 heterocycles. The Hall–Kier alpha value is -0.390. The number of ether oxygens (including phenoxy) is 1. The second-order valence-electron chi connectivity index (χ2n) is 9.84. The third kappa shape index (κ3) is 8.27.